The van der Waals surface area contributed by atoms with E-state index in [1.165, 1.54) is 56.4 Å². The van der Waals surface area contributed by atoms with Crippen LogP contribution in [-0.2, 0) is 15.5 Å². The molecule has 3 aromatic carbocycles. The second-order valence-corrected chi connectivity index (χ2v) is 12.4. The molecule has 0 bridgehead atoms. The van der Waals surface area contributed by atoms with E-state index >= 15 is 0 Å². The van der Waals surface area contributed by atoms with Crippen LogP contribution in [0.4, 0.5) is 13.2 Å². The van der Waals surface area contributed by atoms with Crippen molar-refractivity contribution in [3.63, 3.8) is 0 Å². The molecule has 0 radical (unpaired) electrons. The highest BCUT2D eigenvalue weighted by atomic mass is 19.4. The van der Waals surface area contributed by atoms with Crippen LogP contribution in [0.1, 0.15) is 72.2 Å². The summed E-state index contributed by atoms with van der Waals surface area (Å²) < 4.78 is 53.4. The normalized spacial score (nSPS) is 16.9. The van der Waals surface area contributed by atoms with E-state index in [9.17, 15) is 13.2 Å². The SMILES string of the molecule is Cc1cc(C)c(B(/C=C(/B2OC(C)(C)C(C)(C)O2)c2ccc(C(F)(F)F)cc2)c2c(C)cc(C)cc2C)c(C)c1. The van der Waals surface area contributed by atoms with Gasteiger partial charge in [-0.1, -0.05) is 80.7 Å². The Morgan fingerprint density at radius 2 is 1.07 bits per heavy atom. The minimum absolute atomic E-state index is 0.169. The van der Waals surface area contributed by atoms with E-state index < -0.39 is 30.1 Å². The summed E-state index contributed by atoms with van der Waals surface area (Å²) in [5.74, 6) is 2.15. The second kappa shape index (κ2) is 10.6. The summed E-state index contributed by atoms with van der Waals surface area (Å²) in [7, 11) is -0.749. The van der Waals surface area contributed by atoms with Gasteiger partial charge in [0.25, 0.3) is 0 Å². The maximum absolute atomic E-state index is 13.5. The van der Waals surface area contributed by atoms with E-state index in [2.05, 4.69) is 71.8 Å². The Morgan fingerprint density at radius 3 is 1.43 bits per heavy atom. The fraction of sp³-hybridized carbons (Fsp3) is 0.394. The Morgan fingerprint density at radius 1 is 0.700 bits per heavy atom. The highest BCUT2D eigenvalue weighted by Crippen LogP contribution is 2.41. The van der Waals surface area contributed by atoms with Gasteiger partial charge in [-0.25, -0.2) is 0 Å². The number of rotatable bonds is 5. The lowest BCUT2D eigenvalue weighted by atomic mass is 9.36. The van der Waals surface area contributed by atoms with Gasteiger partial charge in [-0.2, -0.15) is 13.2 Å². The molecule has 0 atom stereocenters. The zero-order valence-corrected chi connectivity index (χ0v) is 25.3. The fourth-order valence-electron chi connectivity index (χ4n) is 5.99. The van der Waals surface area contributed by atoms with Crippen molar-refractivity contribution < 1.29 is 22.5 Å². The van der Waals surface area contributed by atoms with Gasteiger partial charge in [-0.05, 0) is 92.4 Å². The first-order valence-electron chi connectivity index (χ1n) is 13.8. The molecule has 0 aliphatic carbocycles. The van der Waals surface area contributed by atoms with Crippen molar-refractivity contribution in [3.8, 4) is 0 Å². The third-order valence-electron chi connectivity index (χ3n) is 8.50. The first-order valence-corrected chi connectivity index (χ1v) is 13.8. The van der Waals surface area contributed by atoms with Gasteiger partial charge < -0.3 is 9.31 Å². The largest absolute Gasteiger partial charge is 0.494 e. The Kier molecular flexibility index (Phi) is 7.98. The minimum Gasteiger partial charge on any atom is -0.399 e. The monoisotopic (exact) mass is 546 g/mol. The van der Waals surface area contributed by atoms with Crippen LogP contribution in [-0.4, -0.2) is 25.0 Å². The molecule has 1 fully saturated rings. The molecule has 1 saturated heterocycles. The van der Waals surface area contributed by atoms with E-state index in [1.807, 2.05) is 27.7 Å². The highest BCUT2D eigenvalue weighted by Gasteiger charge is 2.52. The third kappa shape index (κ3) is 5.82. The van der Waals surface area contributed by atoms with Crippen molar-refractivity contribution in [2.45, 2.75) is 86.6 Å². The summed E-state index contributed by atoms with van der Waals surface area (Å²) >= 11 is 0. The van der Waals surface area contributed by atoms with Gasteiger partial charge in [0.2, 0.25) is 6.71 Å². The Labute approximate surface area is 238 Å². The molecule has 1 aliphatic rings. The Hall–Kier alpha value is -2.76. The minimum atomic E-state index is -4.42. The molecule has 7 heteroatoms. The average molecular weight is 546 g/mol. The van der Waals surface area contributed by atoms with Crippen LogP contribution in [0.15, 0.2) is 54.5 Å². The van der Waals surface area contributed by atoms with Gasteiger partial charge in [0.15, 0.2) is 0 Å². The smallest absolute Gasteiger partial charge is 0.399 e. The maximum Gasteiger partial charge on any atom is 0.494 e. The van der Waals surface area contributed by atoms with Crippen LogP contribution in [0.5, 0.6) is 0 Å². The molecule has 0 saturated carbocycles. The predicted molar refractivity (Wildman–Crippen MR) is 162 cm³/mol. The van der Waals surface area contributed by atoms with Crippen LogP contribution < -0.4 is 10.9 Å². The number of benzene rings is 3. The standard InChI is InChI=1S/C33H39B2F3O2/c1-20-15-22(3)29(23(4)16-20)34(30-24(5)17-21(2)18-25(30)6)19-28(35-39-31(7,8)32(9,10)40-35)26-11-13-27(14-12-26)33(36,37)38/h11-19H,1-10H3/b28-19+. The lowest BCUT2D eigenvalue weighted by Crippen LogP contribution is -2.47. The molecule has 0 N–H and O–H groups in total. The highest BCUT2D eigenvalue weighted by molar-refractivity contribution is 6.92. The van der Waals surface area contributed by atoms with Gasteiger partial charge in [-0.15, -0.1) is 5.98 Å². The zero-order chi connectivity index (χ0) is 29.8. The Bertz CT molecular complexity index is 1330. The van der Waals surface area contributed by atoms with Gasteiger partial charge in [-0.3, -0.25) is 0 Å². The van der Waals surface area contributed by atoms with Crippen molar-refractivity contribution in [1.29, 1.82) is 0 Å². The molecule has 3 aromatic rings. The van der Waals surface area contributed by atoms with Crippen molar-refractivity contribution >= 4 is 30.2 Å². The topological polar surface area (TPSA) is 18.5 Å². The van der Waals surface area contributed by atoms with Crippen molar-refractivity contribution in [3.05, 3.63) is 99.0 Å². The summed E-state index contributed by atoms with van der Waals surface area (Å²) in [5, 5.41) is 0. The molecule has 210 valence electrons. The number of hydrogen-bond acceptors (Lipinski definition) is 2. The number of halogens is 3. The number of alkyl halides is 3. The van der Waals surface area contributed by atoms with E-state index in [4.69, 9.17) is 9.31 Å². The lowest BCUT2D eigenvalue weighted by molar-refractivity contribution is -0.137. The summed E-state index contributed by atoms with van der Waals surface area (Å²) in [4.78, 5) is 0. The predicted octanol–water partition coefficient (Wildman–Crippen LogP) is 7.42. The first-order chi connectivity index (χ1) is 18.4. The lowest BCUT2D eigenvalue weighted by Gasteiger charge is -2.32. The molecule has 0 aromatic heterocycles. The van der Waals surface area contributed by atoms with E-state index in [-0.39, 0.29) is 6.71 Å². The molecule has 1 aliphatic heterocycles. The molecule has 0 spiro atoms. The third-order valence-corrected chi connectivity index (χ3v) is 8.50. The first kappa shape index (κ1) is 30.2. The molecule has 0 amide bonds. The quantitative estimate of drug-likeness (QED) is 0.310. The number of aryl methyl sites for hydroxylation is 6. The van der Waals surface area contributed by atoms with Crippen molar-refractivity contribution in [2.24, 2.45) is 0 Å². The molecule has 4 rings (SSSR count). The maximum atomic E-state index is 13.5. The van der Waals surface area contributed by atoms with Gasteiger partial charge in [0, 0.05) is 0 Å². The summed E-state index contributed by atoms with van der Waals surface area (Å²) in [6.07, 6.45) is -4.42. The molecular weight excluding hydrogens is 507 g/mol. The zero-order valence-electron chi connectivity index (χ0n) is 25.3. The van der Waals surface area contributed by atoms with Crippen LogP contribution >= 0.6 is 0 Å². The van der Waals surface area contributed by atoms with Crippen molar-refractivity contribution in [2.75, 3.05) is 0 Å². The van der Waals surface area contributed by atoms with Crippen LogP contribution in [0.25, 0.3) is 5.47 Å². The van der Waals surface area contributed by atoms with Crippen LogP contribution in [0.3, 0.4) is 0 Å². The van der Waals surface area contributed by atoms with Crippen LogP contribution in [0.2, 0.25) is 0 Å². The summed E-state index contributed by atoms with van der Waals surface area (Å²) in [5.41, 5.74) is 8.86. The van der Waals surface area contributed by atoms with Crippen molar-refractivity contribution in [1.82, 2.24) is 0 Å². The van der Waals surface area contributed by atoms with Gasteiger partial charge in [0.1, 0.15) is 0 Å². The molecular formula is C33H39B2F3O2. The molecule has 40 heavy (non-hydrogen) atoms. The van der Waals surface area contributed by atoms with E-state index in [0.29, 0.717) is 5.56 Å². The second-order valence-electron chi connectivity index (χ2n) is 12.4. The molecule has 1 heterocycles. The Balaban J connectivity index is 2.02. The van der Waals surface area contributed by atoms with Gasteiger partial charge in [0.05, 0.1) is 16.8 Å². The fourth-order valence-corrected chi connectivity index (χ4v) is 5.99. The van der Waals surface area contributed by atoms with E-state index in [0.717, 1.165) is 17.6 Å². The average Bonchev–Trinajstić information content (AvgIpc) is 3.01. The summed E-state index contributed by atoms with van der Waals surface area (Å²) in [6, 6.07) is 14.1. The number of hydrogen-bond donors (Lipinski definition) is 0. The molecule has 0 unspecified atom stereocenters. The molecule has 2 nitrogen and oxygen atoms in total. The van der Waals surface area contributed by atoms with Gasteiger partial charge >= 0.3 is 13.3 Å². The summed E-state index contributed by atoms with van der Waals surface area (Å²) in [6.45, 7) is 20.5. The van der Waals surface area contributed by atoms with Crippen LogP contribution in [0, 0.1) is 41.5 Å². The van der Waals surface area contributed by atoms with E-state index in [1.54, 1.807) is 0 Å².